The molecule has 0 N–H and O–H groups in total. The van der Waals surface area contributed by atoms with E-state index in [2.05, 4.69) is 19.6 Å². The lowest BCUT2D eigenvalue weighted by molar-refractivity contribution is 0.00578. The highest BCUT2D eigenvalue weighted by Gasteiger charge is 2.51. The van der Waals surface area contributed by atoms with Crippen LogP contribution in [-0.2, 0) is 20.8 Å². The fourth-order valence-corrected chi connectivity index (χ4v) is 4.59. The van der Waals surface area contributed by atoms with E-state index in [4.69, 9.17) is 19.0 Å². The summed E-state index contributed by atoms with van der Waals surface area (Å²) in [5.41, 5.74) is 1.99. The molecule has 8 heteroatoms. The molecule has 2 aromatic heterocycles. The second-order valence-electron chi connectivity index (χ2n) is 11.1. The first-order chi connectivity index (χ1) is 15.4. The molecule has 1 aromatic carbocycles. The van der Waals surface area contributed by atoms with Crippen molar-refractivity contribution < 1.29 is 18.4 Å². The van der Waals surface area contributed by atoms with E-state index < -0.39 is 26.4 Å². The van der Waals surface area contributed by atoms with Crippen LogP contribution in [0.15, 0.2) is 42.7 Å². The van der Waals surface area contributed by atoms with Crippen LogP contribution in [0.25, 0.3) is 22.2 Å². The molecular formula is C25H34BFN2O3Si. The largest absolute Gasteiger partial charge is 0.496 e. The Balaban J connectivity index is 1.71. The number of aromatic nitrogens is 2. The number of benzene rings is 1. The summed E-state index contributed by atoms with van der Waals surface area (Å²) >= 11 is 0. The summed E-state index contributed by atoms with van der Waals surface area (Å²) in [4.78, 5) is 4.73. The van der Waals surface area contributed by atoms with Gasteiger partial charge in [-0.2, -0.15) is 0 Å². The predicted molar refractivity (Wildman–Crippen MR) is 135 cm³/mol. The molecule has 3 heterocycles. The molecule has 0 saturated carbocycles. The third-order valence-electron chi connectivity index (χ3n) is 6.65. The minimum atomic E-state index is -1.18. The molecule has 0 unspecified atom stereocenters. The molecule has 176 valence electrons. The fraction of sp³-hybridized carbons (Fsp3) is 0.480. The monoisotopic (exact) mass is 468 g/mol. The van der Waals surface area contributed by atoms with Gasteiger partial charge >= 0.3 is 7.12 Å². The summed E-state index contributed by atoms with van der Waals surface area (Å²) in [6.07, 6.45) is 3.72. The molecule has 3 aromatic rings. The zero-order chi connectivity index (χ0) is 24.0. The minimum Gasteiger partial charge on any atom is -0.399 e. The molecule has 4 rings (SSSR count). The van der Waals surface area contributed by atoms with Crippen LogP contribution in [-0.4, -0.2) is 42.6 Å². The highest BCUT2D eigenvalue weighted by atomic mass is 28.3. The van der Waals surface area contributed by atoms with E-state index in [0.717, 1.165) is 28.1 Å². The Morgan fingerprint density at radius 1 is 1.06 bits per heavy atom. The zero-order valence-corrected chi connectivity index (χ0v) is 21.7. The number of fused-ring (bicyclic) bond motifs is 1. The Morgan fingerprint density at radius 3 is 2.36 bits per heavy atom. The van der Waals surface area contributed by atoms with Crippen LogP contribution in [0.4, 0.5) is 4.39 Å². The lowest BCUT2D eigenvalue weighted by Gasteiger charge is -2.32. The van der Waals surface area contributed by atoms with Crippen molar-refractivity contribution in [2.45, 2.75) is 71.3 Å². The van der Waals surface area contributed by atoms with E-state index in [1.165, 1.54) is 6.07 Å². The van der Waals surface area contributed by atoms with E-state index in [1.54, 1.807) is 18.3 Å². The van der Waals surface area contributed by atoms with Crippen LogP contribution in [0.1, 0.15) is 27.7 Å². The van der Waals surface area contributed by atoms with E-state index >= 15 is 0 Å². The number of hydrogen-bond donors (Lipinski definition) is 0. The molecule has 1 aliphatic heterocycles. The first-order valence-corrected chi connectivity index (χ1v) is 15.3. The Hall–Kier alpha value is -2.00. The van der Waals surface area contributed by atoms with E-state index in [9.17, 15) is 4.39 Å². The standard InChI is InChI=1S/C25H34BFN2O3Si/c1-24(2)25(3,4)32-26(31-24)18-14-20-21(19-10-8-9-11-22(19)27)16-29(23(20)28-15-18)17-30-12-13-33(5,6)7/h8-11,14-16H,12-13,17H2,1-7H3. The number of ether oxygens (including phenoxy) is 1. The maximum Gasteiger partial charge on any atom is 0.496 e. The lowest BCUT2D eigenvalue weighted by atomic mass is 9.79. The van der Waals surface area contributed by atoms with E-state index in [1.807, 2.05) is 50.6 Å². The van der Waals surface area contributed by atoms with Gasteiger partial charge in [-0.3, -0.25) is 0 Å². The number of hydrogen-bond acceptors (Lipinski definition) is 4. The molecule has 0 spiro atoms. The molecule has 0 aliphatic carbocycles. The number of nitrogens with zero attached hydrogens (tertiary/aromatic N) is 2. The van der Waals surface area contributed by atoms with Crippen LogP contribution >= 0.6 is 0 Å². The van der Waals surface area contributed by atoms with Gasteiger partial charge in [-0.05, 0) is 45.9 Å². The Morgan fingerprint density at radius 2 is 1.73 bits per heavy atom. The zero-order valence-electron chi connectivity index (χ0n) is 20.7. The first-order valence-electron chi connectivity index (χ1n) is 11.6. The normalized spacial score (nSPS) is 17.8. The highest BCUT2D eigenvalue weighted by molar-refractivity contribution is 6.76. The van der Waals surface area contributed by atoms with Gasteiger partial charge in [0, 0.05) is 49.1 Å². The molecule has 1 saturated heterocycles. The van der Waals surface area contributed by atoms with E-state index in [0.29, 0.717) is 18.9 Å². The van der Waals surface area contributed by atoms with Crippen molar-refractivity contribution >= 4 is 31.7 Å². The van der Waals surface area contributed by atoms with Crippen molar-refractivity contribution in [2.24, 2.45) is 0 Å². The fourth-order valence-electron chi connectivity index (χ4n) is 3.83. The van der Waals surface area contributed by atoms with Crippen molar-refractivity contribution in [2.75, 3.05) is 6.61 Å². The third-order valence-corrected chi connectivity index (χ3v) is 8.36. The topological polar surface area (TPSA) is 45.5 Å². The summed E-state index contributed by atoms with van der Waals surface area (Å²) in [5.74, 6) is -0.266. The Labute approximate surface area is 197 Å². The van der Waals surface area contributed by atoms with Gasteiger partial charge in [-0.15, -0.1) is 0 Å². The van der Waals surface area contributed by atoms with Crippen molar-refractivity contribution in [1.82, 2.24) is 9.55 Å². The van der Waals surface area contributed by atoms with Crippen LogP contribution in [0.2, 0.25) is 25.7 Å². The molecular weight excluding hydrogens is 434 g/mol. The van der Waals surface area contributed by atoms with Crippen molar-refractivity contribution in [3.8, 4) is 11.1 Å². The van der Waals surface area contributed by atoms with Crippen molar-refractivity contribution in [3.05, 3.63) is 48.5 Å². The van der Waals surface area contributed by atoms with Crippen LogP contribution in [0, 0.1) is 5.82 Å². The maximum absolute atomic E-state index is 14.7. The molecule has 0 atom stereocenters. The quantitative estimate of drug-likeness (QED) is 0.342. The average Bonchev–Trinajstić information content (AvgIpc) is 3.18. The van der Waals surface area contributed by atoms with Gasteiger partial charge in [0.15, 0.2) is 0 Å². The Bertz CT molecular complexity index is 1140. The smallest absolute Gasteiger partial charge is 0.399 e. The molecule has 0 amide bonds. The van der Waals surface area contributed by atoms with Gasteiger partial charge in [0.05, 0.1) is 11.2 Å². The number of halogens is 1. The van der Waals surface area contributed by atoms with Crippen molar-refractivity contribution in [3.63, 3.8) is 0 Å². The summed E-state index contributed by atoms with van der Waals surface area (Å²) in [5, 5.41) is 0.848. The van der Waals surface area contributed by atoms with Gasteiger partial charge in [0.25, 0.3) is 0 Å². The SMILES string of the molecule is CC1(C)OB(c2cnc3c(c2)c(-c2ccccc2F)cn3COCC[Si](C)(C)C)OC1(C)C. The van der Waals surface area contributed by atoms with Crippen LogP contribution in [0.3, 0.4) is 0 Å². The summed E-state index contributed by atoms with van der Waals surface area (Å²) in [7, 11) is -1.71. The van der Waals surface area contributed by atoms with Gasteiger partial charge < -0.3 is 18.6 Å². The van der Waals surface area contributed by atoms with Crippen molar-refractivity contribution in [1.29, 1.82) is 0 Å². The van der Waals surface area contributed by atoms with Gasteiger partial charge in [-0.1, -0.05) is 37.8 Å². The third kappa shape index (κ3) is 4.94. The van der Waals surface area contributed by atoms with Gasteiger partial charge in [0.1, 0.15) is 18.2 Å². The summed E-state index contributed by atoms with van der Waals surface area (Å²) in [6.45, 7) is 16.2. The number of pyridine rings is 1. The van der Waals surface area contributed by atoms with Gasteiger partial charge in [-0.25, -0.2) is 9.37 Å². The first kappa shape index (κ1) is 24.1. The lowest BCUT2D eigenvalue weighted by Crippen LogP contribution is -2.41. The maximum atomic E-state index is 14.7. The Kier molecular flexibility index (Phi) is 6.33. The number of rotatable bonds is 7. The molecule has 0 radical (unpaired) electrons. The average molecular weight is 468 g/mol. The van der Waals surface area contributed by atoms with Gasteiger partial charge in [0.2, 0.25) is 0 Å². The highest BCUT2D eigenvalue weighted by Crippen LogP contribution is 2.37. The second-order valence-corrected chi connectivity index (χ2v) is 16.7. The summed E-state index contributed by atoms with van der Waals surface area (Å²) < 4.78 is 35.1. The molecule has 33 heavy (non-hydrogen) atoms. The molecule has 1 fully saturated rings. The van der Waals surface area contributed by atoms with Crippen LogP contribution < -0.4 is 5.46 Å². The predicted octanol–water partition coefficient (Wildman–Crippen LogP) is 5.45. The molecule has 1 aliphatic rings. The second kappa shape index (κ2) is 8.65. The van der Waals surface area contributed by atoms with Crippen LogP contribution in [0.5, 0.6) is 0 Å². The molecule has 0 bridgehead atoms. The van der Waals surface area contributed by atoms with E-state index in [-0.39, 0.29) is 5.82 Å². The molecule has 5 nitrogen and oxygen atoms in total. The minimum absolute atomic E-state index is 0.266. The summed E-state index contributed by atoms with van der Waals surface area (Å²) in [6, 6.07) is 9.91.